The molecule has 0 amide bonds. The van der Waals surface area contributed by atoms with Gasteiger partial charge in [0.05, 0.1) is 6.54 Å². The molecule has 0 bridgehead atoms. The maximum atomic E-state index is 11.7. The van der Waals surface area contributed by atoms with Gasteiger partial charge in [0, 0.05) is 13.6 Å². The molecule has 2 heterocycles. The summed E-state index contributed by atoms with van der Waals surface area (Å²) in [5.74, 6) is 0.601. The molecule has 2 aromatic rings. The maximum absolute atomic E-state index is 11.7. The topological polar surface area (TPSA) is 98.7 Å². The van der Waals surface area contributed by atoms with E-state index in [0.29, 0.717) is 23.5 Å². The van der Waals surface area contributed by atoms with Crippen molar-refractivity contribution < 1.29 is 0 Å². The van der Waals surface area contributed by atoms with Crippen molar-refractivity contribution in [2.75, 3.05) is 0 Å². The summed E-state index contributed by atoms with van der Waals surface area (Å²) in [6, 6.07) is 0. The molecule has 3 N–H and O–H groups in total. The molecule has 0 atom stereocenters. The van der Waals surface area contributed by atoms with Gasteiger partial charge in [0.25, 0.3) is 5.56 Å². The summed E-state index contributed by atoms with van der Waals surface area (Å²) in [6.07, 6.45) is 0. The lowest BCUT2D eigenvalue weighted by atomic mass is 10.5. The van der Waals surface area contributed by atoms with Crippen molar-refractivity contribution in [3.05, 3.63) is 26.7 Å². The van der Waals surface area contributed by atoms with Crippen LogP contribution in [0.25, 0.3) is 11.2 Å². The molecule has 86 valence electrons. The number of hydrogen-bond acceptors (Lipinski definition) is 4. The van der Waals surface area contributed by atoms with Crippen molar-refractivity contribution in [1.29, 1.82) is 0 Å². The van der Waals surface area contributed by atoms with Gasteiger partial charge in [-0.05, 0) is 6.92 Å². The molecule has 0 radical (unpaired) electrons. The quantitative estimate of drug-likeness (QED) is 0.675. The number of aryl methyl sites for hydroxylation is 2. The molecular formula is C9H13N5O2. The van der Waals surface area contributed by atoms with Crippen molar-refractivity contribution in [2.45, 2.75) is 20.0 Å². The van der Waals surface area contributed by atoms with Crippen LogP contribution in [0.3, 0.4) is 0 Å². The summed E-state index contributed by atoms with van der Waals surface area (Å²) in [7, 11) is 1.56. The average molecular weight is 223 g/mol. The fraction of sp³-hybridized carbons (Fsp3) is 0.444. The first-order valence-corrected chi connectivity index (χ1v) is 4.98. The Morgan fingerprint density at radius 3 is 2.69 bits per heavy atom. The lowest BCUT2D eigenvalue weighted by Gasteiger charge is -2.02. The van der Waals surface area contributed by atoms with Gasteiger partial charge in [-0.2, -0.15) is 0 Å². The van der Waals surface area contributed by atoms with E-state index < -0.39 is 11.2 Å². The van der Waals surface area contributed by atoms with Crippen molar-refractivity contribution >= 4 is 11.2 Å². The molecule has 16 heavy (non-hydrogen) atoms. The molecular weight excluding hydrogens is 210 g/mol. The minimum atomic E-state index is -0.471. The summed E-state index contributed by atoms with van der Waals surface area (Å²) < 4.78 is 3.02. The summed E-state index contributed by atoms with van der Waals surface area (Å²) in [5, 5.41) is 0. The molecule has 0 spiro atoms. The first kappa shape index (κ1) is 10.6. The van der Waals surface area contributed by atoms with Crippen molar-refractivity contribution in [2.24, 2.45) is 12.8 Å². The number of H-pyrrole nitrogens is 1. The number of imidazole rings is 1. The van der Waals surface area contributed by atoms with Crippen LogP contribution < -0.4 is 17.0 Å². The Labute approximate surface area is 90.5 Å². The fourth-order valence-corrected chi connectivity index (χ4v) is 1.78. The maximum Gasteiger partial charge on any atom is 0.329 e. The zero-order valence-electron chi connectivity index (χ0n) is 9.15. The minimum Gasteiger partial charge on any atom is -0.324 e. The van der Waals surface area contributed by atoms with Gasteiger partial charge in [0.2, 0.25) is 0 Å². The Morgan fingerprint density at radius 2 is 2.12 bits per heavy atom. The highest BCUT2D eigenvalue weighted by atomic mass is 16.2. The second kappa shape index (κ2) is 3.60. The second-order valence-corrected chi connectivity index (χ2v) is 3.47. The van der Waals surface area contributed by atoms with E-state index in [1.54, 1.807) is 11.6 Å². The monoisotopic (exact) mass is 223 g/mol. The van der Waals surface area contributed by atoms with Gasteiger partial charge in [-0.25, -0.2) is 9.78 Å². The van der Waals surface area contributed by atoms with Crippen LogP contribution in [0.1, 0.15) is 12.7 Å². The van der Waals surface area contributed by atoms with E-state index in [1.165, 1.54) is 4.57 Å². The number of fused-ring (bicyclic) bond motifs is 1. The molecule has 7 heteroatoms. The number of nitrogens with two attached hydrogens (primary N) is 1. The van der Waals surface area contributed by atoms with Gasteiger partial charge in [0.15, 0.2) is 11.2 Å². The van der Waals surface area contributed by atoms with Gasteiger partial charge in [-0.15, -0.1) is 0 Å². The van der Waals surface area contributed by atoms with Crippen LogP contribution in [0.2, 0.25) is 0 Å². The Balaban J connectivity index is 3.03. The first-order chi connectivity index (χ1) is 7.60. The molecule has 0 saturated carbocycles. The molecule has 0 fully saturated rings. The Kier molecular flexibility index (Phi) is 2.39. The predicted molar refractivity (Wildman–Crippen MR) is 59.2 cm³/mol. The lowest BCUT2D eigenvalue weighted by molar-refractivity contribution is 0.715. The molecule has 0 aliphatic carbocycles. The van der Waals surface area contributed by atoms with E-state index in [2.05, 4.69) is 9.97 Å². The van der Waals surface area contributed by atoms with Crippen LogP contribution in [-0.4, -0.2) is 19.1 Å². The third-order valence-electron chi connectivity index (χ3n) is 2.58. The minimum absolute atomic E-state index is 0.232. The van der Waals surface area contributed by atoms with Gasteiger partial charge in [-0.3, -0.25) is 14.3 Å². The van der Waals surface area contributed by atoms with Crippen LogP contribution in [0.5, 0.6) is 0 Å². The number of hydrogen-bond donors (Lipinski definition) is 2. The molecule has 0 saturated heterocycles. The third-order valence-corrected chi connectivity index (χ3v) is 2.58. The SMILES string of the molecule is CCn1c(CN)nc2c1c(=O)[nH]c(=O)n2C. The summed E-state index contributed by atoms with van der Waals surface area (Å²) >= 11 is 0. The van der Waals surface area contributed by atoms with Crippen molar-refractivity contribution in [3.63, 3.8) is 0 Å². The van der Waals surface area contributed by atoms with Crippen LogP contribution in [0, 0.1) is 0 Å². The van der Waals surface area contributed by atoms with E-state index in [9.17, 15) is 9.59 Å². The summed E-state index contributed by atoms with van der Waals surface area (Å²) in [4.78, 5) is 29.5. The summed E-state index contributed by atoms with van der Waals surface area (Å²) in [6.45, 7) is 2.71. The highest BCUT2D eigenvalue weighted by Crippen LogP contribution is 2.09. The van der Waals surface area contributed by atoms with Crippen LogP contribution in [0.4, 0.5) is 0 Å². The predicted octanol–water partition coefficient (Wildman–Crippen LogP) is -1.10. The largest absolute Gasteiger partial charge is 0.329 e. The highest BCUT2D eigenvalue weighted by Gasteiger charge is 2.14. The van der Waals surface area contributed by atoms with Gasteiger partial charge >= 0.3 is 5.69 Å². The van der Waals surface area contributed by atoms with E-state index in [0.717, 1.165) is 0 Å². The zero-order chi connectivity index (χ0) is 11.9. The normalized spacial score (nSPS) is 11.2. The van der Waals surface area contributed by atoms with Gasteiger partial charge in [0.1, 0.15) is 5.82 Å². The molecule has 2 rings (SSSR count). The fourth-order valence-electron chi connectivity index (χ4n) is 1.78. The second-order valence-electron chi connectivity index (χ2n) is 3.47. The smallest absolute Gasteiger partial charge is 0.324 e. The van der Waals surface area contributed by atoms with Crippen molar-refractivity contribution in [1.82, 2.24) is 19.1 Å². The van der Waals surface area contributed by atoms with Crippen molar-refractivity contribution in [3.8, 4) is 0 Å². The lowest BCUT2D eigenvalue weighted by Crippen LogP contribution is -2.29. The average Bonchev–Trinajstić information content (AvgIpc) is 2.64. The van der Waals surface area contributed by atoms with Crippen LogP contribution in [0.15, 0.2) is 9.59 Å². The van der Waals surface area contributed by atoms with Crippen LogP contribution >= 0.6 is 0 Å². The van der Waals surface area contributed by atoms with Crippen LogP contribution in [-0.2, 0) is 20.1 Å². The number of nitrogens with one attached hydrogen (secondary N) is 1. The van der Waals surface area contributed by atoms with E-state index in [-0.39, 0.29) is 6.54 Å². The van der Waals surface area contributed by atoms with E-state index in [4.69, 9.17) is 5.73 Å². The molecule has 2 aromatic heterocycles. The first-order valence-electron chi connectivity index (χ1n) is 4.98. The van der Waals surface area contributed by atoms with E-state index >= 15 is 0 Å². The molecule has 0 unspecified atom stereocenters. The number of rotatable bonds is 2. The zero-order valence-corrected chi connectivity index (χ0v) is 9.15. The molecule has 0 aromatic carbocycles. The molecule has 0 aliphatic rings. The Morgan fingerprint density at radius 1 is 1.44 bits per heavy atom. The third kappa shape index (κ3) is 1.28. The number of aromatic amines is 1. The molecule has 0 aliphatic heterocycles. The Bertz CT molecular complexity index is 648. The number of aromatic nitrogens is 4. The van der Waals surface area contributed by atoms with E-state index in [1.807, 2.05) is 6.92 Å². The Hall–Kier alpha value is -1.89. The summed E-state index contributed by atoms with van der Waals surface area (Å²) in [5.41, 5.74) is 5.42. The van der Waals surface area contributed by atoms with Gasteiger partial charge in [-0.1, -0.05) is 0 Å². The number of nitrogens with zero attached hydrogens (tertiary/aromatic N) is 3. The highest BCUT2D eigenvalue weighted by molar-refractivity contribution is 5.70. The van der Waals surface area contributed by atoms with Gasteiger partial charge < -0.3 is 10.3 Å². The standard InChI is InChI=1S/C9H13N5O2/c1-3-14-5(4-10)11-7-6(14)8(15)12-9(16)13(7)2/h3-4,10H2,1-2H3,(H,12,15,16). The molecule has 7 nitrogen and oxygen atoms in total.